The number of thiophene rings is 2. The average Bonchev–Trinajstić information content (AvgIpc) is 4.49. The van der Waals surface area contributed by atoms with Gasteiger partial charge in [0.05, 0.1) is 22.4 Å². The number of benzene rings is 8. The molecule has 2 nitrogen and oxygen atoms in total. The molecule has 0 N–H and O–H groups in total. The van der Waals surface area contributed by atoms with Crippen LogP contribution < -0.4 is 9.47 Å². The van der Waals surface area contributed by atoms with Crippen LogP contribution in [-0.2, 0) is 0 Å². The Kier molecular flexibility index (Phi) is 15.7. The summed E-state index contributed by atoms with van der Waals surface area (Å²) in [4.78, 5) is 7.42. The van der Waals surface area contributed by atoms with Crippen LogP contribution in [0.25, 0.3) is 77.9 Å². The molecule has 2 aromatic heterocycles. The summed E-state index contributed by atoms with van der Waals surface area (Å²) in [5.74, 6) is -2.21. The highest BCUT2D eigenvalue weighted by Gasteiger charge is 2.36. The van der Waals surface area contributed by atoms with Gasteiger partial charge in [0.2, 0.25) is 0 Å². The number of ether oxygens (including phenoxy) is 2. The Morgan fingerprint density at radius 3 is 0.897 bits per heavy atom. The van der Waals surface area contributed by atoms with Crippen LogP contribution in [0.15, 0.2) is 200 Å². The molecule has 2 aliphatic rings. The number of unbranched alkanes of at least 4 members (excludes halogenated alkanes) is 2. The van der Waals surface area contributed by atoms with Gasteiger partial charge in [-0.05, 0) is 106 Å². The number of thioether (sulfide) groups is 4. The van der Waals surface area contributed by atoms with Gasteiger partial charge in [0.1, 0.15) is 11.5 Å². The van der Waals surface area contributed by atoms with Gasteiger partial charge < -0.3 is 9.47 Å². The van der Waals surface area contributed by atoms with Gasteiger partial charge in [0.15, 0.2) is 23.3 Å². The van der Waals surface area contributed by atoms with Crippen molar-refractivity contribution in [1.82, 2.24) is 0 Å². The second kappa shape index (κ2) is 23.3. The van der Waals surface area contributed by atoms with Crippen molar-refractivity contribution in [3.8, 4) is 89.4 Å². The minimum Gasteiger partial charge on any atom is -0.494 e. The van der Waals surface area contributed by atoms with Crippen molar-refractivity contribution in [2.75, 3.05) is 13.2 Å². The smallest absolute Gasteiger partial charge is 0.167 e. The average molecular weight is 1140 g/mol. The van der Waals surface area contributed by atoms with Gasteiger partial charge in [0, 0.05) is 73.8 Å². The van der Waals surface area contributed by atoms with E-state index in [2.05, 4.69) is 73.1 Å². The molecule has 12 heteroatoms. The summed E-state index contributed by atoms with van der Waals surface area (Å²) in [6.07, 6.45) is 3.92. The SMILES string of the molecule is CCCCOc1ccc(-c2ccc(-c3ccc(-c4csc(C5Sc6ccccc6S5)c4-c4c(-c5ccc(-c6ccc(-c7ccc(OCCCC)cc7)c(F)c6F)cc5)csc4C4Sc5ccccc5S4)cc3)c(F)c2F)cc1. The molecule has 0 spiro atoms. The standard InChI is InChI=1S/C66H50F4O2S6/c1-3-5-35-71-45-27-23-41(24-28-45)49-33-31-47(59(67)61(49)69)39-15-19-43(20-16-39)51-37-73-63(65-75-53-11-7-8-12-54(53)76-65)57(51)58-52(38-74-64(58)66-77-55-13-9-10-14-56(55)78-66)44-21-17-40(18-22-44)48-32-34-50(62(70)60(48)68)42-25-29-46(30-26-42)72-36-6-4-2/h7-34,37-38,65-66H,3-6,35-36H2,1-2H3. The lowest BCUT2D eigenvalue weighted by Gasteiger charge is -2.18. The molecule has 0 saturated heterocycles. The fourth-order valence-electron chi connectivity index (χ4n) is 9.83. The summed E-state index contributed by atoms with van der Waals surface area (Å²) >= 11 is 10.9. The van der Waals surface area contributed by atoms with Crippen LogP contribution in [0.4, 0.5) is 17.6 Å². The van der Waals surface area contributed by atoms with Crippen molar-refractivity contribution in [2.45, 2.75) is 68.3 Å². The predicted octanol–water partition coefficient (Wildman–Crippen LogP) is 22.2. The second-order valence-electron chi connectivity index (χ2n) is 19.0. The Bertz CT molecular complexity index is 3480. The Balaban J connectivity index is 0.916. The number of fused-ring (bicyclic) bond motifs is 2. The van der Waals surface area contributed by atoms with Gasteiger partial charge in [-0.3, -0.25) is 0 Å². The summed E-state index contributed by atoms with van der Waals surface area (Å²) in [6, 6.07) is 53.5. The van der Waals surface area contributed by atoms with Gasteiger partial charge in [-0.15, -0.1) is 69.7 Å². The van der Waals surface area contributed by atoms with Crippen molar-refractivity contribution < 1.29 is 27.0 Å². The normalized spacial score (nSPS) is 13.3. The van der Waals surface area contributed by atoms with Crippen LogP contribution >= 0.6 is 69.7 Å². The van der Waals surface area contributed by atoms with E-state index in [1.54, 1.807) is 95.5 Å². The molecule has 12 rings (SSSR count). The molecule has 0 aliphatic carbocycles. The molecule has 78 heavy (non-hydrogen) atoms. The zero-order chi connectivity index (χ0) is 53.3. The van der Waals surface area contributed by atoms with Crippen LogP contribution in [0.2, 0.25) is 0 Å². The fraction of sp³-hybridized carbons (Fsp3) is 0.152. The highest BCUT2D eigenvalue weighted by molar-refractivity contribution is 8.19. The van der Waals surface area contributed by atoms with E-state index in [0.29, 0.717) is 47.0 Å². The molecule has 0 saturated carbocycles. The Morgan fingerprint density at radius 2 is 0.615 bits per heavy atom. The first-order chi connectivity index (χ1) is 38.2. The van der Waals surface area contributed by atoms with Crippen molar-refractivity contribution in [3.05, 3.63) is 214 Å². The Morgan fingerprint density at radius 1 is 0.346 bits per heavy atom. The molecule has 0 amide bonds. The number of rotatable bonds is 17. The molecule has 0 radical (unpaired) electrons. The van der Waals surface area contributed by atoms with Crippen molar-refractivity contribution >= 4 is 69.7 Å². The van der Waals surface area contributed by atoms with Crippen LogP contribution in [0, 0.1) is 23.3 Å². The largest absolute Gasteiger partial charge is 0.494 e. The zero-order valence-electron chi connectivity index (χ0n) is 42.5. The van der Waals surface area contributed by atoms with E-state index in [-0.39, 0.29) is 31.4 Å². The molecule has 10 aromatic rings. The lowest BCUT2D eigenvalue weighted by molar-refractivity contribution is 0.309. The summed E-state index contributed by atoms with van der Waals surface area (Å²) < 4.78 is 76.2. The fourth-order valence-corrected chi connectivity index (χ4v) is 18.3. The molecule has 8 aromatic carbocycles. The monoisotopic (exact) mass is 1140 g/mol. The van der Waals surface area contributed by atoms with E-state index >= 15 is 17.6 Å². The van der Waals surface area contributed by atoms with Gasteiger partial charge in [-0.2, -0.15) is 0 Å². The minimum absolute atomic E-state index is 0.0674. The Hall–Kier alpha value is -6.12. The molecule has 2 aliphatic heterocycles. The zero-order valence-corrected chi connectivity index (χ0v) is 47.4. The highest BCUT2D eigenvalue weighted by Crippen LogP contribution is 2.65. The lowest BCUT2D eigenvalue weighted by atomic mass is 9.90. The summed E-state index contributed by atoms with van der Waals surface area (Å²) in [7, 11) is 0. The third-order valence-electron chi connectivity index (χ3n) is 14.0. The van der Waals surface area contributed by atoms with Gasteiger partial charge in [0.25, 0.3) is 0 Å². The van der Waals surface area contributed by atoms with Crippen molar-refractivity contribution in [1.29, 1.82) is 0 Å². The summed E-state index contributed by atoms with van der Waals surface area (Å²) in [5, 5.41) is 4.49. The number of halogens is 4. The number of hydrogen-bond acceptors (Lipinski definition) is 8. The summed E-state index contributed by atoms with van der Waals surface area (Å²) in [6.45, 7) is 5.41. The third-order valence-corrected chi connectivity index (χ3v) is 22.3. The predicted molar refractivity (Wildman–Crippen MR) is 323 cm³/mol. The van der Waals surface area contributed by atoms with E-state index in [0.717, 1.165) is 59.1 Å². The highest BCUT2D eigenvalue weighted by atomic mass is 32.2. The van der Waals surface area contributed by atoms with Gasteiger partial charge >= 0.3 is 0 Å². The Labute approximate surface area is 477 Å². The molecule has 0 atom stereocenters. The second-order valence-corrected chi connectivity index (χ2v) is 26.0. The molecule has 4 heterocycles. The van der Waals surface area contributed by atoms with E-state index < -0.39 is 23.3 Å². The number of hydrogen-bond donors (Lipinski definition) is 0. The first-order valence-corrected chi connectivity index (χ1v) is 31.2. The maximum atomic E-state index is 16.2. The maximum absolute atomic E-state index is 16.2. The molecule has 0 fully saturated rings. The molecular formula is C66H50F4O2S6. The van der Waals surface area contributed by atoms with Crippen LogP contribution in [0.5, 0.6) is 11.5 Å². The van der Waals surface area contributed by atoms with E-state index in [1.807, 2.05) is 95.6 Å². The maximum Gasteiger partial charge on any atom is 0.167 e. The molecule has 0 bridgehead atoms. The summed E-state index contributed by atoms with van der Waals surface area (Å²) in [5.41, 5.74) is 9.26. The van der Waals surface area contributed by atoms with E-state index in [4.69, 9.17) is 9.47 Å². The quantitative estimate of drug-likeness (QED) is 0.0663. The van der Waals surface area contributed by atoms with Gasteiger partial charge in [-0.25, -0.2) is 17.6 Å². The minimum atomic E-state index is -0.900. The first-order valence-electron chi connectivity index (χ1n) is 26.0. The van der Waals surface area contributed by atoms with Crippen LogP contribution in [0.3, 0.4) is 0 Å². The van der Waals surface area contributed by atoms with Crippen molar-refractivity contribution in [3.63, 3.8) is 0 Å². The van der Waals surface area contributed by atoms with Crippen LogP contribution in [-0.4, -0.2) is 13.2 Å². The molecular weight excluding hydrogens is 1090 g/mol. The van der Waals surface area contributed by atoms with Crippen LogP contribution in [0.1, 0.15) is 58.4 Å². The van der Waals surface area contributed by atoms with E-state index in [1.165, 1.54) is 29.3 Å². The topological polar surface area (TPSA) is 18.5 Å². The molecule has 390 valence electrons. The first kappa shape index (κ1) is 52.6. The van der Waals surface area contributed by atoms with Crippen molar-refractivity contribution in [2.24, 2.45) is 0 Å². The third kappa shape index (κ3) is 10.5. The van der Waals surface area contributed by atoms with Gasteiger partial charge in [-0.1, -0.05) is 148 Å². The molecule has 0 unspecified atom stereocenters. The van der Waals surface area contributed by atoms with E-state index in [9.17, 15) is 0 Å². The lowest BCUT2D eigenvalue weighted by Crippen LogP contribution is -1.97.